The Balaban J connectivity index is 4.01. The van der Waals surface area contributed by atoms with E-state index in [1.807, 2.05) is 0 Å². The van der Waals surface area contributed by atoms with Gasteiger partial charge in [0.2, 0.25) is 4.33 Å². The van der Waals surface area contributed by atoms with Gasteiger partial charge in [-0.25, -0.2) is 4.79 Å². The third kappa shape index (κ3) is 3.50. The van der Waals surface area contributed by atoms with Gasteiger partial charge in [-0.1, -0.05) is 23.2 Å². The number of hydrogen-bond donors (Lipinski definition) is 0. The van der Waals surface area contributed by atoms with Crippen LogP contribution in [0.5, 0.6) is 0 Å². The standard InChI is InChI=1S/C7H8Cl2O2/c1-3-4-5-7(8,9)6(10)11-2/h1H,4-5H2,2H3. The molecule has 0 bridgehead atoms. The molecular formula is C7H8Cl2O2. The Bertz CT molecular complexity index is 181. The molecule has 0 saturated heterocycles. The number of terminal acetylenes is 1. The van der Waals surface area contributed by atoms with Gasteiger partial charge in [0, 0.05) is 12.8 Å². The van der Waals surface area contributed by atoms with Crippen molar-refractivity contribution >= 4 is 29.2 Å². The minimum absolute atomic E-state index is 0.208. The van der Waals surface area contributed by atoms with Gasteiger partial charge in [-0.05, 0) is 0 Å². The third-order valence-corrected chi connectivity index (χ3v) is 1.75. The number of rotatable bonds is 3. The van der Waals surface area contributed by atoms with Gasteiger partial charge < -0.3 is 4.74 Å². The molecule has 0 heterocycles. The Kier molecular flexibility index (Phi) is 4.32. The molecule has 0 spiro atoms. The highest BCUT2D eigenvalue weighted by Crippen LogP contribution is 2.27. The van der Waals surface area contributed by atoms with Crippen LogP contribution in [0.2, 0.25) is 0 Å². The number of hydrogen-bond acceptors (Lipinski definition) is 2. The van der Waals surface area contributed by atoms with Gasteiger partial charge in [0.25, 0.3) is 0 Å². The summed E-state index contributed by atoms with van der Waals surface area (Å²) in [4.78, 5) is 10.8. The number of alkyl halides is 2. The van der Waals surface area contributed by atoms with E-state index in [0.717, 1.165) is 0 Å². The maximum absolute atomic E-state index is 10.8. The molecule has 0 fully saturated rings. The molecule has 4 heteroatoms. The van der Waals surface area contributed by atoms with Crippen molar-refractivity contribution in [2.45, 2.75) is 17.2 Å². The Morgan fingerprint density at radius 1 is 1.73 bits per heavy atom. The summed E-state index contributed by atoms with van der Waals surface area (Å²) in [5.74, 6) is 1.66. The summed E-state index contributed by atoms with van der Waals surface area (Å²) < 4.78 is 2.84. The second-order valence-corrected chi connectivity index (χ2v) is 3.38. The van der Waals surface area contributed by atoms with E-state index in [4.69, 9.17) is 29.6 Å². The van der Waals surface area contributed by atoms with Crippen molar-refractivity contribution in [3.63, 3.8) is 0 Å². The van der Waals surface area contributed by atoms with E-state index in [1.54, 1.807) is 0 Å². The molecule has 0 atom stereocenters. The van der Waals surface area contributed by atoms with Crippen molar-refractivity contribution in [1.82, 2.24) is 0 Å². The molecular weight excluding hydrogens is 187 g/mol. The predicted octanol–water partition coefficient (Wildman–Crippen LogP) is 1.75. The predicted molar refractivity (Wildman–Crippen MR) is 44.5 cm³/mol. The summed E-state index contributed by atoms with van der Waals surface area (Å²) in [6.45, 7) is 0. The molecule has 0 radical (unpaired) electrons. The van der Waals surface area contributed by atoms with Gasteiger partial charge in [0.1, 0.15) is 0 Å². The highest BCUT2D eigenvalue weighted by Gasteiger charge is 2.33. The molecule has 62 valence electrons. The SMILES string of the molecule is C#CCCC(Cl)(Cl)C(=O)OC. The Labute approximate surface area is 75.8 Å². The highest BCUT2D eigenvalue weighted by molar-refractivity contribution is 6.57. The number of carbonyl (C=O) groups is 1. The topological polar surface area (TPSA) is 26.3 Å². The van der Waals surface area contributed by atoms with Crippen LogP contribution in [-0.4, -0.2) is 17.4 Å². The Hall–Kier alpha value is -0.390. The first-order valence-corrected chi connectivity index (χ1v) is 3.70. The fourth-order valence-electron chi connectivity index (χ4n) is 0.481. The van der Waals surface area contributed by atoms with Crippen LogP contribution in [0.1, 0.15) is 12.8 Å². The number of esters is 1. The zero-order valence-corrected chi connectivity index (χ0v) is 7.58. The number of methoxy groups -OCH3 is 1. The quantitative estimate of drug-likeness (QED) is 0.389. The summed E-state index contributed by atoms with van der Waals surface area (Å²) in [6.07, 6.45) is 5.51. The van der Waals surface area contributed by atoms with Gasteiger partial charge in [-0.3, -0.25) is 0 Å². The fraction of sp³-hybridized carbons (Fsp3) is 0.571. The van der Waals surface area contributed by atoms with E-state index in [2.05, 4.69) is 10.7 Å². The zero-order chi connectivity index (χ0) is 8.91. The number of halogens is 2. The van der Waals surface area contributed by atoms with E-state index < -0.39 is 10.3 Å². The van der Waals surface area contributed by atoms with Crippen LogP contribution in [0.15, 0.2) is 0 Å². The van der Waals surface area contributed by atoms with Crippen molar-refractivity contribution in [2.24, 2.45) is 0 Å². The third-order valence-electron chi connectivity index (χ3n) is 1.07. The lowest BCUT2D eigenvalue weighted by Gasteiger charge is -2.14. The second kappa shape index (κ2) is 4.48. The van der Waals surface area contributed by atoms with Crippen molar-refractivity contribution in [3.05, 3.63) is 0 Å². The molecule has 0 aromatic rings. The summed E-state index contributed by atoms with van der Waals surface area (Å²) in [6, 6.07) is 0. The summed E-state index contributed by atoms with van der Waals surface area (Å²) in [5, 5.41) is 0. The van der Waals surface area contributed by atoms with Crippen LogP contribution in [0.25, 0.3) is 0 Å². The maximum atomic E-state index is 10.8. The minimum atomic E-state index is -1.50. The maximum Gasteiger partial charge on any atom is 0.342 e. The fourth-order valence-corrected chi connectivity index (χ4v) is 0.824. The lowest BCUT2D eigenvalue weighted by molar-refractivity contribution is -0.141. The molecule has 0 aromatic heterocycles. The summed E-state index contributed by atoms with van der Waals surface area (Å²) in [5.41, 5.74) is 0. The molecule has 2 nitrogen and oxygen atoms in total. The van der Waals surface area contributed by atoms with Gasteiger partial charge in [-0.2, -0.15) is 0 Å². The summed E-state index contributed by atoms with van der Waals surface area (Å²) in [7, 11) is 1.22. The summed E-state index contributed by atoms with van der Waals surface area (Å²) >= 11 is 11.1. The molecule has 0 N–H and O–H groups in total. The minimum Gasteiger partial charge on any atom is -0.467 e. The molecule has 11 heavy (non-hydrogen) atoms. The van der Waals surface area contributed by atoms with Crippen LogP contribution in [0.4, 0.5) is 0 Å². The molecule has 0 aliphatic rings. The van der Waals surface area contributed by atoms with Gasteiger partial charge >= 0.3 is 5.97 Å². The van der Waals surface area contributed by atoms with E-state index in [1.165, 1.54) is 7.11 Å². The first-order valence-electron chi connectivity index (χ1n) is 2.94. The van der Waals surface area contributed by atoms with E-state index in [0.29, 0.717) is 6.42 Å². The highest BCUT2D eigenvalue weighted by atomic mass is 35.5. The van der Waals surface area contributed by atoms with Crippen molar-refractivity contribution in [1.29, 1.82) is 0 Å². The first kappa shape index (κ1) is 10.6. The lowest BCUT2D eigenvalue weighted by atomic mass is 10.2. The zero-order valence-electron chi connectivity index (χ0n) is 6.06. The van der Waals surface area contributed by atoms with Crippen LogP contribution in [-0.2, 0) is 9.53 Å². The molecule has 0 unspecified atom stereocenters. The average Bonchev–Trinajstić information content (AvgIpc) is 1.99. The monoisotopic (exact) mass is 194 g/mol. The molecule has 0 aromatic carbocycles. The van der Waals surface area contributed by atoms with E-state index in [9.17, 15) is 4.79 Å². The van der Waals surface area contributed by atoms with Crippen molar-refractivity contribution in [3.8, 4) is 12.3 Å². The van der Waals surface area contributed by atoms with Gasteiger partial charge in [0.05, 0.1) is 7.11 Å². The largest absolute Gasteiger partial charge is 0.467 e. The second-order valence-electron chi connectivity index (χ2n) is 1.90. The van der Waals surface area contributed by atoms with Gasteiger partial charge in [-0.15, -0.1) is 12.3 Å². The molecule has 0 amide bonds. The first-order chi connectivity index (χ1) is 5.04. The molecule has 0 rings (SSSR count). The molecule has 0 saturated carbocycles. The van der Waals surface area contributed by atoms with Gasteiger partial charge in [0.15, 0.2) is 0 Å². The average molecular weight is 195 g/mol. The smallest absolute Gasteiger partial charge is 0.342 e. The number of carbonyl (C=O) groups excluding carboxylic acids is 1. The Morgan fingerprint density at radius 2 is 2.27 bits per heavy atom. The van der Waals surface area contributed by atoms with Crippen LogP contribution in [0.3, 0.4) is 0 Å². The normalized spacial score (nSPS) is 10.4. The lowest BCUT2D eigenvalue weighted by Crippen LogP contribution is -2.26. The molecule has 0 aliphatic carbocycles. The Morgan fingerprint density at radius 3 is 2.64 bits per heavy atom. The van der Waals surface area contributed by atoms with E-state index in [-0.39, 0.29) is 6.42 Å². The van der Waals surface area contributed by atoms with Crippen molar-refractivity contribution in [2.75, 3.05) is 7.11 Å². The van der Waals surface area contributed by atoms with Crippen molar-refractivity contribution < 1.29 is 9.53 Å². The molecule has 0 aliphatic heterocycles. The van der Waals surface area contributed by atoms with Crippen LogP contribution < -0.4 is 0 Å². The van der Waals surface area contributed by atoms with Crippen LogP contribution >= 0.6 is 23.2 Å². The number of ether oxygens (including phenoxy) is 1. The van der Waals surface area contributed by atoms with Crippen LogP contribution in [0, 0.1) is 12.3 Å². The van der Waals surface area contributed by atoms with E-state index >= 15 is 0 Å².